The molecule has 40 heavy (non-hydrogen) atoms. The van der Waals surface area contributed by atoms with Gasteiger partial charge in [0.1, 0.15) is 24.7 Å². The molecule has 1 unspecified atom stereocenters. The van der Waals surface area contributed by atoms with Gasteiger partial charge >= 0.3 is 0 Å². The molecule has 212 valence electrons. The van der Waals surface area contributed by atoms with Gasteiger partial charge in [0.05, 0.1) is 0 Å². The van der Waals surface area contributed by atoms with Crippen molar-refractivity contribution in [2.24, 2.45) is 0 Å². The molecule has 1 atom stereocenters. The lowest BCUT2D eigenvalue weighted by Gasteiger charge is -2.27. The van der Waals surface area contributed by atoms with E-state index in [1.165, 1.54) is 81.4 Å². The Morgan fingerprint density at radius 2 is 1.02 bits per heavy atom. The second kappa shape index (κ2) is 15.1. The molecule has 0 spiro atoms. The first-order valence-electron chi connectivity index (χ1n) is 15.4. The Hall–Kier alpha value is -3.08. The molecule has 0 N–H and O–H groups in total. The molecular formula is C36H46N2O2. The minimum absolute atomic E-state index is 0.143. The largest absolute Gasteiger partial charge is 0.492 e. The monoisotopic (exact) mass is 538 g/mol. The highest BCUT2D eigenvalue weighted by Crippen LogP contribution is 2.40. The Balaban J connectivity index is 1.27. The van der Waals surface area contributed by atoms with E-state index in [0.717, 1.165) is 37.8 Å². The van der Waals surface area contributed by atoms with Crippen LogP contribution in [0.15, 0.2) is 91.5 Å². The van der Waals surface area contributed by atoms with Crippen molar-refractivity contribution in [2.45, 2.75) is 50.4 Å². The van der Waals surface area contributed by atoms with Crippen molar-refractivity contribution in [3.63, 3.8) is 0 Å². The zero-order valence-electron chi connectivity index (χ0n) is 24.1. The fraction of sp³-hybridized carbons (Fsp3) is 0.444. The first-order valence-corrected chi connectivity index (χ1v) is 15.4. The van der Waals surface area contributed by atoms with Crippen LogP contribution in [0.2, 0.25) is 0 Å². The molecule has 0 aliphatic carbocycles. The van der Waals surface area contributed by atoms with E-state index in [1.807, 2.05) is 0 Å². The third kappa shape index (κ3) is 7.99. The smallest absolute Gasteiger partial charge is 0.119 e. The van der Waals surface area contributed by atoms with Gasteiger partial charge in [0, 0.05) is 24.9 Å². The summed E-state index contributed by atoms with van der Waals surface area (Å²) in [6.07, 6.45) is 10.1. The van der Waals surface area contributed by atoms with Crippen LogP contribution in [0, 0.1) is 0 Å². The van der Waals surface area contributed by atoms with Crippen molar-refractivity contribution in [3.8, 4) is 11.5 Å². The first kappa shape index (κ1) is 28.4. The molecule has 2 heterocycles. The van der Waals surface area contributed by atoms with E-state index < -0.39 is 0 Å². The Kier molecular flexibility index (Phi) is 10.7. The van der Waals surface area contributed by atoms with Crippen molar-refractivity contribution in [2.75, 3.05) is 52.5 Å². The summed E-state index contributed by atoms with van der Waals surface area (Å²) < 4.78 is 12.3. The van der Waals surface area contributed by atoms with Gasteiger partial charge in [-0.25, -0.2) is 0 Å². The van der Waals surface area contributed by atoms with Gasteiger partial charge in [-0.05, 0) is 92.8 Å². The number of hydrogen-bond acceptors (Lipinski definition) is 4. The molecule has 0 saturated carbocycles. The normalized spacial score (nSPS) is 17.4. The number of likely N-dealkylation sites (tertiary alicyclic amines) is 2. The molecule has 0 amide bonds. The molecule has 0 aromatic heterocycles. The molecule has 2 fully saturated rings. The molecule has 4 heteroatoms. The van der Waals surface area contributed by atoms with Crippen LogP contribution in [-0.4, -0.2) is 62.3 Å². The van der Waals surface area contributed by atoms with Crippen LogP contribution in [0.25, 0.3) is 0 Å². The van der Waals surface area contributed by atoms with Gasteiger partial charge in [-0.1, -0.05) is 73.5 Å². The number of piperidine rings is 2. The van der Waals surface area contributed by atoms with Crippen LogP contribution in [-0.2, 0) is 0 Å². The summed E-state index contributed by atoms with van der Waals surface area (Å²) in [4.78, 5) is 5.03. The van der Waals surface area contributed by atoms with Gasteiger partial charge in [-0.3, -0.25) is 9.80 Å². The lowest BCUT2D eigenvalue weighted by Crippen LogP contribution is -2.33. The van der Waals surface area contributed by atoms with E-state index in [-0.39, 0.29) is 11.8 Å². The number of ether oxygens (including phenoxy) is 2. The summed E-state index contributed by atoms with van der Waals surface area (Å²) in [6, 6.07) is 28.1. The molecule has 2 saturated heterocycles. The van der Waals surface area contributed by atoms with E-state index >= 15 is 0 Å². The minimum atomic E-state index is 0.143. The molecule has 3 aromatic rings. The average molecular weight is 539 g/mol. The molecular weight excluding hydrogens is 492 g/mol. The maximum absolute atomic E-state index is 6.14. The summed E-state index contributed by atoms with van der Waals surface area (Å²) in [5.74, 6) is 2.17. The highest BCUT2D eigenvalue weighted by atomic mass is 16.5. The number of hydrogen-bond donors (Lipinski definition) is 0. The van der Waals surface area contributed by atoms with Crippen LogP contribution in [0.5, 0.6) is 11.5 Å². The molecule has 2 aliphatic heterocycles. The van der Waals surface area contributed by atoms with Crippen molar-refractivity contribution in [1.29, 1.82) is 0 Å². The van der Waals surface area contributed by atoms with Crippen LogP contribution in [0.4, 0.5) is 0 Å². The lowest BCUT2D eigenvalue weighted by molar-refractivity contribution is 0.183. The third-order valence-corrected chi connectivity index (χ3v) is 8.53. The predicted molar refractivity (Wildman–Crippen MR) is 166 cm³/mol. The zero-order valence-corrected chi connectivity index (χ0v) is 24.1. The van der Waals surface area contributed by atoms with Crippen LogP contribution in [0.1, 0.15) is 67.1 Å². The van der Waals surface area contributed by atoms with Crippen molar-refractivity contribution < 1.29 is 9.47 Å². The summed E-state index contributed by atoms with van der Waals surface area (Å²) >= 11 is 0. The Morgan fingerprint density at radius 3 is 1.45 bits per heavy atom. The maximum Gasteiger partial charge on any atom is 0.119 e. The standard InChI is InChI=1S/C36H46N2O2/c1-2-35(30-12-6-3-7-13-30)36(31-14-18-33(19-15-31)39-28-26-37-22-8-4-9-23-37)32-16-20-34(21-17-32)40-29-27-38-24-10-5-11-25-38/h2-3,6-7,12-21,35-36H,1,4-5,8-11,22-29H2. The Labute approximate surface area is 241 Å². The highest BCUT2D eigenvalue weighted by molar-refractivity contribution is 5.43. The summed E-state index contributed by atoms with van der Waals surface area (Å²) in [7, 11) is 0. The van der Waals surface area contributed by atoms with Gasteiger partial charge in [0.25, 0.3) is 0 Å². The maximum atomic E-state index is 6.14. The highest BCUT2D eigenvalue weighted by Gasteiger charge is 2.24. The van der Waals surface area contributed by atoms with Gasteiger partial charge in [-0.15, -0.1) is 6.58 Å². The van der Waals surface area contributed by atoms with E-state index in [4.69, 9.17) is 9.47 Å². The van der Waals surface area contributed by atoms with E-state index in [1.54, 1.807) is 0 Å². The Morgan fingerprint density at radius 1 is 0.575 bits per heavy atom. The third-order valence-electron chi connectivity index (χ3n) is 8.53. The van der Waals surface area contributed by atoms with Gasteiger partial charge in [-0.2, -0.15) is 0 Å². The van der Waals surface area contributed by atoms with Gasteiger partial charge < -0.3 is 9.47 Å². The van der Waals surface area contributed by atoms with E-state index in [0.29, 0.717) is 0 Å². The first-order chi connectivity index (χ1) is 19.8. The van der Waals surface area contributed by atoms with E-state index in [2.05, 4.69) is 101 Å². The molecule has 3 aromatic carbocycles. The Bertz CT molecular complexity index is 1070. The van der Waals surface area contributed by atoms with Crippen molar-refractivity contribution in [3.05, 3.63) is 108 Å². The SMILES string of the molecule is C=CC(c1ccccc1)C(c1ccc(OCCN2CCCCC2)cc1)c1ccc(OCCN2CCCCC2)cc1. The molecule has 0 bridgehead atoms. The predicted octanol–water partition coefficient (Wildman–Crippen LogP) is 7.52. The zero-order chi connectivity index (χ0) is 27.4. The van der Waals surface area contributed by atoms with Gasteiger partial charge in [0.15, 0.2) is 0 Å². The number of allylic oxidation sites excluding steroid dienone is 1. The van der Waals surface area contributed by atoms with E-state index in [9.17, 15) is 0 Å². The second-order valence-corrected chi connectivity index (χ2v) is 11.3. The lowest BCUT2D eigenvalue weighted by atomic mass is 9.77. The number of benzene rings is 3. The van der Waals surface area contributed by atoms with Crippen LogP contribution >= 0.6 is 0 Å². The van der Waals surface area contributed by atoms with Crippen molar-refractivity contribution >= 4 is 0 Å². The summed E-state index contributed by atoms with van der Waals surface area (Å²) in [5.41, 5.74) is 3.79. The molecule has 5 rings (SSSR count). The van der Waals surface area contributed by atoms with Crippen LogP contribution in [0.3, 0.4) is 0 Å². The molecule has 4 nitrogen and oxygen atoms in total. The number of nitrogens with zero attached hydrogens (tertiary/aromatic N) is 2. The minimum Gasteiger partial charge on any atom is -0.492 e. The summed E-state index contributed by atoms with van der Waals surface area (Å²) in [6.45, 7) is 12.5. The summed E-state index contributed by atoms with van der Waals surface area (Å²) in [5, 5.41) is 0. The van der Waals surface area contributed by atoms with Crippen molar-refractivity contribution in [1.82, 2.24) is 9.80 Å². The topological polar surface area (TPSA) is 24.9 Å². The number of rotatable bonds is 13. The molecule has 0 radical (unpaired) electrons. The fourth-order valence-corrected chi connectivity index (χ4v) is 6.24. The average Bonchev–Trinajstić information content (AvgIpc) is 3.02. The molecule has 2 aliphatic rings. The quantitative estimate of drug-likeness (QED) is 0.210. The van der Waals surface area contributed by atoms with Gasteiger partial charge in [0.2, 0.25) is 0 Å². The van der Waals surface area contributed by atoms with Crippen LogP contribution < -0.4 is 9.47 Å². The fourth-order valence-electron chi connectivity index (χ4n) is 6.24. The second-order valence-electron chi connectivity index (χ2n) is 11.3.